The average Bonchev–Trinajstić information content (AvgIpc) is 3.12. The quantitative estimate of drug-likeness (QED) is 0.641. The van der Waals surface area contributed by atoms with E-state index >= 15 is 0 Å². The molecule has 0 atom stereocenters. The summed E-state index contributed by atoms with van der Waals surface area (Å²) in [4.78, 5) is 14.4. The van der Waals surface area contributed by atoms with Crippen molar-refractivity contribution in [3.8, 4) is 11.3 Å². The second kappa shape index (κ2) is 7.42. The lowest BCUT2D eigenvalue weighted by Gasteiger charge is -2.19. The van der Waals surface area contributed by atoms with Crippen LogP contribution in [0.4, 0.5) is 0 Å². The molecule has 4 heteroatoms. The Morgan fingerprint density at radius 1 is 1.08 bits per heavy atom. The van der Waals surface area contributed by atoms with Crippen LogP contribution in [-0.4, -0.2) is 22.5 Å². The number of hydrogen-bond acceptors (Lipinski definition) is 3. The number of rotatable bonds is 6. The molecule has 0 aliphatic carbocycles. The highest BCUT2D eigenvalue weighted by Gasteiger charge is 2.20. The molecule has 0 saturated heterocycles. The molecule has 1 aromatic heterocycles. The van der Waals surface area contributed by atoms with Gasteiger partial charge in [-0.1, -0.05) is 71.9 Å². The summed E-state index contributed by atoms with van der Waals surface area (Å²) in [5.74, 6) is 0.0278. The number of hydrogen-bond donors (Lipinski definition) is 0. The van der Waals surface area contributed by atoms with Gasteiger partial charge in [0.25, 0.3) is 5.91 Å². The van der Waals surface area contributed by atoms with Crippen LogP contribution in [0.15, 0.2) is 83.9 Å². The molecular formula is C20H18N2O2. The molecule has 1 amide bonds. The van der Waals surface area contributed by atoms with Crippen LogP contribution in [0.3, 0.4) is 0 Å². The Labute approximate surface area is 141 Å². The molecule has 3 aromatic rings. The van der Waals surface area contributed by atoms with Gasteiger partial charge in [-0.15, -0.1) is 6.58 Å². The molecule has 1 heterocycles. The number of carbonyl (C=O) groups is 1. The zero-order valence-corrected chi connectivity index (χ0v) is 13.3. The van der Waals surface area contributed by atoms with Crippen LogP contribution in [0.1, 0.15) is 16.1 Å². The van der Waals surface area contributed by atoms with Crippen LogP contribution < -0.4 is 0 Å². The van der Waals surface area contributed by atoms with E-state index in [1.807, 2.05) is 60.7 Å². The zero-order valence-electron chi connectivity index (χ0n) is 13.3. The summed E-state index contributed by atoms with van der Waals surface area (Å²) in [6.45, 7) is 4.66. The minimum atomic E-state index is -0.201. The highest BCUT2D eigenvalue weighted by Crippen LogP contribution is 2.20. The van der Waals surface area contributed by atoms with E-state index in [-0.39, 0.29) is 11.7 Å². The predicted octanol–water partition coefficient (Wildman–Crippen LogP) is 4.17. The molecule has 0 bridgehead atoms. The molecule has 0 N–H and O–H groups in total. The summed E-state index contributed by atoms with van der Waals surface area (Å²) in [7, 11) is 0. The lowest BCUT2D eigenvalue weighted by atomic mass is 10.1. The Morgan fingerprint density at radius 2 is 1.75 bits per heavy atom. The average molecular weight is 318 g/mol. The number of aromatic nitrogens is 1. The second-order valence-electron chi connectivity index (χ2n) is 5.40. The molecule has 4 nitrogen and oxygen atoms in total. The largest absolute Gasteiger partial charge is 0.350 e. The fraction of sp³-hybridized carbons (Fsp3) is 0.100. The first-order valence-electron chi connectivity index (χ1n) is 7.74. The van der Waals surface area contributed by atoms with E-state index in [2.05, 4.69) is 11.7 Å². The van der Waals surface area contributed by atoms with Gasteiger partial charge in [0.05, 0.1) is 0 Å². The van der Waals surface area contributed by atoms with E-state index in [1.165, 1.54) is 0 Å². The molecular weight excluding hydrogens is 300 g/mol. The van der Waals surface area contributed by atoms with E-state index in [4.69, 9.17) is 4.52 Å². The van der Waals surface area contributed by atoms with Crippen LogP contribution in [-0.2, 0) is 6.54 Å². The van der Waals surface area contributed by atoms with Crippen molar-refractivity contribution >= 4 is 5.91 Å². The summed E-state index contributed by atoms with van der Waals surface area (Å²) in [6, 6.07) is 21.1. The van der Waals surface area contributed by atoms with E-state index in [0.29, 0.717) is 18.8 Å². The maximum absolute atomic E-state index is 12.7. The third-order valence-corrected chi connectivity index (χ3v) is 3.64. The predicted molar refractivity (Wildman–Crippen MR) is 93.3 cm³/mol. The molecule has 2 aromatic carbocycles. The zero-order chi connectivity index (χ0) is 16.8. The third-order valence-electron chi connectivity index (χ3n) is 3.64. The van der Waals surface area contributed by atoms with Crippen molar-refractivity contribution in [3.63, 3.8) is 0 Å². The Morgan fingerprint density at radius 3 is 2.42 bits per heavy atom. The van der Waals surface area contributed by atoms with Crippen molar-refractivity contribution in [2.75, 3.05) is 6.54 Å². The van der Waals surface area contributed by atoms with Crippen LogP contribution in [0.25, 0.3) is 11.3 Å². The molecule has 0 fully saturated rings. The van der Waals surface area contributed by atoms with Crippen molar-refractivity contribution in [2.24, 2.45) is 0 Å². The summed E-state index contributed by atoms with van der Waals surface area (Å²) in [6.07, 6.45) is 1.70. The maximum Gasteiger partial charge on any atom is 0.293 e. The summed E-state index contributed by atoms with van der Waals surface area (Å²) >= 11 is 0. The van der Waals surface area contributed by atoms with Crippen LogP contribution in [0.5, 0.6) is 0 Å². The normalized spacial score (nSPS) is 10.3. The standard InChI is InChI=1S/C20H18N2O2/c1-2-13-22(15-16-9-5-3-6-10-16)20(23)19-14-18(21-24-19)17-11-7-4-8-12-17/h2-12,14H,1,13,15H2. The first-order valence-corrected chi connectivity index (χ1v) is 7.74. The van der Waals surface area contributed by atoms with Gasteiger partial charge in [-0.05, 0) is 5.56 Å². The van der Waals surface area contributed by atoms with Crippen LogP contribution >= 0.6 is 0 Å². The first-order chi connectivity index (χ1) is 11.8. The van der Waals surface area contributed by atoms with E-state index in [0.717, 1.165) is 11.1 Å². The topological polar surface area (TPSA) is 46.3 Å². The number of nitrogens with zero attached hydrogens (tertiary/aromatic N) is 2. The molecule has 0 unspecified atom stereocenters. The van der Waals surface area contributed by atoms with Crippen LogP contribution in [0, 0.1) is 0 Å². The SMILES string of the molecule is C=CCN(Cc1ccccc1)C(=O)c1cc(-c2ccccc2)no1. The van der Waals surface area contributed by atoms with Gasteiger partial charge in [-0.25, -0.2) is 0 Å². The van der Waals surface area contributed by atoms with E-state index < -0.39 is 0 Å². The minimum Gasteiger partial charge on any atom is -0.350 e. The first kappa shape index (κ1) is 15.7. The number of carbonyl (C=O) groups excluding carboxylic acids is 1. The van der Waals surface area contributed by atoms with Gasteiger partial charge in [0.2, 0.25) is 5.76 Å². The Hall–Kier alpha value is -3.14. The molecule has 0 saturated carbocycles. The Bertz CT molecular complexity index is 810. The summed E-state index contributed by atoms with van der Waals surface area (Å²) in [5, 5.41) is 4.01. The molecule has 3 rings (SSSR count). The fourth-order valence-corrected chi connectivity index (χ4v) is 2.46. The third kappa shape index (κ3) is 3.60. The fourth-order valence-electron chi connectivity index (χ4n) is 2.46. The highest BCUT2D eigenvalue weighted by atomic mass is 16.5. The van der Waals surface area contributed by atoms with Crippen molar-refractivity contribution in [1.82, 2.24) is 10.1 Å². The highest BCUT2D eigenvalue weighted by molar-refractivity contribution is 5.92. The van der Waals surface area contributed by atoms with Crippen molar-refractivity contribution in [2.45, 2.75) is 6.54 Å². The van der Waals surface area contributed by atoms with Crippen molar-refractivity contribution in [1.29, 1.82) is 0 Å². The molecule has 0 aliphatic rings. The van der Waals surface area contributed by atoms with Gasteiger partial charge in [-0.3, -0.25) is 4.79 Å². The molecule has 120 valence electrons. The lowest BCUT2D eigenvalue weighted by molar-refractivity contribution is 0.0721. The van der Waals surface area contributed by atoms with Crippen molar-refractivity contribution in [3.05, 3.63) is 90.7 Å². The molecule has 0 radical (unpaired) electrons. The number of benzene rings is 2. The Kier molecular flexibility index (Phi) is 4.87. The minimum absolute atomic E-state index is 0.201. The van der Waals surface area contributed by atoms with Gasteiger partial charge in [0, 0.05) is 24.7 Å². The van der Waals surface area contributed by atoms with Gasteiger partial charge < -0.3 is 9.42 Å². The number of amides is 1. The monoisotopic (exact) mass is 318 g/mol. The summed E-state index contributed by atoms with van der Waals surface area (Å²) < 4.78 is 5.27. The molecule has 24 heavy (non-hydrogen) atoms. The second-order valence-corrected chi connectivity index (χ2v) is 5.40. The molecule has 0 aliphatic heterocycles. The molecule has 0 spiro atoms. The summed E-state index contributed by atoms with van der Waals surface area (Å²) in [5.41, 5.74) is 2.62. The van der Waals surface area contributed by atoms with Crippen LogP contribution in [0.2, 0.25) is 0 Å². The van der Waals surface area contributed by atoms with Gasteiger partial charge >= 0.3 is 0 Å². The van der Waals surface area contributed by atoms with Gasteiger partial charge in [0.1, 0.15) is 5.69 Å². The smallest absolute Gasteiger partial charge is 0.293 e. The van der Waals surface area contributed by atoms with Gasteiger partial charge in [-0.2, -0.15) is 0 Å². The van der Waals surface area contributed by atoms with Crippen molar-refractivity contribution < 1.29 is 9.32 Å². The lowest BCUT2D eigenvalue weighted by Crippen LogP contribution is -2.30. The van der Waals surface area contributed by atoms with E-state index in [9.17, 15) is 4.79 Å². The van der Waals surface area contributed by atoms with Gasteiger partial charge in [0.15, 0.2) is 0 Å². The maximum atomic E-state index is 12.7. The Balaban J connectivity index is 1.80. The van der Waals surface area contributed by atoms with E-state index in [1.54, 1.807) is 17.0 Å².